The van der Waals surface area contributed by atoms with Crippen molar-refractivity contribution in [3.05, 3.63) is 28.4 Å². The Labute approximate surface area is 81.3 Å². The third-order valence-corrected chi connectivity index (χ3v) is 3.34. The van der Waals surface area contributed by atoms with Crippen LogP contribution < -0.4 is 5.56 Å². The van der Waals surface area contributed by atoms with Crippen LogP contribution in [0.15, 0.2) is 17.2 Å². The quantitative estimate of drug-likeness (QED) is 0.708. The lowest BCUT2D eigenvalue weighted by Gasteiger charge is -2.41. The number of nitrogens with zero attached hydrogens (tertiary/aromatic N) is 1. The molecule has 0 spiro atoms. The molecule has 1 aromatic heterocycles. The van der Waals surface area contributed by atoms with Crippen molar-refractivity contribution in [3.8, 4) is 0 Å². The van der Waals surface area contributed by atoms with Crippen molar-refractivity contribution in [2.75, 3.05) is 6.61 Å². The maximum absolute atomic E-state index is 11.1. The summed E-state index contributed by atoms with van der Waals surface area (Å²) in [5.74, 6) is 0. The van der Waals surface area contributed by atoms with Crippen molar-refractivity contribution < 1.29 is 4.74 Å². The Morgan fingerprint density at radius 3 is 2.93 bits per heavy atom. The van der Waals surface area contributed by atoms with Crippen LogP contribution >= 0.6 is 0 Å². The molecule has 2 saturated heterocycles. The Bertz CT molecular complexity index is 432. The molecule has 1 aromatic rings. The minimum atomic E-state index is -0.0788. The fourth-order valence-electron chi connectivity index (χ4n) is 2.81. The summed E-state index contributed by atoms with van der Waals surface area (Å²) >= 11 is 0. The average molecular weight is 192 g/mol. The van der Waals surface area contributed by atoms with E-state index in [-0.39, 0.29) is 16.6 Å². The summed E-state index contributed by atoms with van der Waals surface area (Å²) in [6.07, 6.45) is 3.47. The van der Waals surface area contributed by atoms with E-state index >= 15 is 0 Å². The summed E-state index contributed by atoms with van der Waals surface area (Å²) < 4.78 is 5.66. The molecule has 4 heteroatoms. The van der Waals surface area contributed by atoms with Gasteiger partial charge >= 0.3 is 0 Å². The molecule has 1 N–H and O–H groups in total. The Morgan fingerprint density at radius 2 is 2.36 bits per heavy atom. The van der Waals surface area contributed by atoms with E-state index in [0.29, 0.717) is 6.61 Å². The van der Waals surface area contributed by atoms with Crippen molar-refractivity contribution in [1.29, 1.82) is 0 Å². The third-order valence-electron chi connectivity index (χ3n) is 3.34. The molecule has 2 bridgehead atoms. The Kier molecular flexibility index (Phi) is 1.32. The number of hydrogen-bond donors (Lipinski definition) is 1. The predicted molar refractivity (Wildman–Crippen MR) is 50.1 cm³/mol. The third kappa shape index (κ3) is 0.917. The largest absolute Gasteiger partial charge is 0.374 e. The second kappa shape index (κ2) is 2.25. The molecule has 4 rings (SSSR count). The molecule has 1 aliphatic carbocycles. The number of hydrogen-bond acceptors (Lipinski definition) is 3. The van der Waals surface area contributed by atoms with Crippen LogP contribution in [0.4, 0.5) is 0 Å². The smallest absolute Gasteiger partial charge is 0.250 e. The van der Waals surface area contributed by atoms with Crippen molar-refractivity contribution in [2.24, 2.45) is 0 Å². The molecular weight excluding hydrogens is 180 g/mol. The van der Waals surface area contributed by atoms with E-state index in [1.165, 1.54) is 6.33 Å². The minimum Gasteiger partial charge on any atom is -0.374 e. The Morgan fingerprint density at radius 1 is 1.57 bits per heavy atom. The number of ether oxygens (including phenoxy) is 1. The van der Waals surface area contributed by atoms with E-state index in [1.54, 1.807) is 6.07 Å². The van der Waals surface area contributed by atoms with Gasteiger partial charge in [-0.2, -0.15) is 0 Å². The van der Waals surface area contributed by atoms with E-state index in [4.69, 9.17) is 4.74 Å². The zero-order valence-electron chi connectivity index (χ0n) is 8.04. The van der Waals surface area contributed by atoms with Gasteiger partial charge in [0, 0.05) is 11.5 Å². The molecule has 3 aliphatic rings. The molecule has 4 nitrogen and oxygen atoms in total. The number of H-pyrrole nitrogens is 1. The zero-order chi connectivity index (χ0) is 9.81. The van der Waals surface area contributed by atoms with Crippen LogP contribution in [0.5, 0.6) is 0 Å². The zero-order valence-corrected chi connectivity index (χ0v) is 8.04. The molecule has 2 aliphatic heterocycles. The molecule has 3 heterocycles. The average Bonchev–Trinajstić information content (AvgIpc) is 2.59. The molecule has 0 atom stereocenters. The van der Waals surface area contributed by atoms with Crippen molar-refractivity contribution >= 4 is 0 Å². The molecule has 0 radical (unpaired) electrons. The minimum absolute atomic E-state index is 0.0308. The van der Waals surface area contributed by atoms with Gasteiger partial charge in [-0.25, -0.2) is 4.98 Å². The number of nitrogens with one attached hydrogen (secondary N) is 1. The molecular formula is C10H12N2O2. The molecule has 0 aromatic carbocycles. The van der Waals surface area contributed by atoms with E-state index in [2.05, 4.69) is 16.9 Å². The number of aromatic nitrogens is 2. The van der Waals surface area contributed by atoms with Gasteiger partial charge < -0.3 is 9.72 Å². The maximum atomic E-state index is 11.1. The highest BCUT2D eigenvalue weighted by Gasteiger charge is 2.61. The van der Waals surface area contributed by atoms with Crippen molar-refractivity contribution in [2.45, 2.75) is 30.8 Å². The van der Waals surface area contributed by atoms with Crippen LogP contribution in [0.2, 0.25) is 0 Å². The predicted octanol–water partition coefficient (Wildman–Crippen LogP) is 0.590. The fraction of sp³-hybridized carbons (Fsp3) is 0.600. The summed E-state index contributed by atoms with van der Waals surface area (Å²) in [4.78, 5) is 17.9. The van der Waals surface area contributed by atoms with E-state index in [0.717, 1.165) is 18.5 Å². The molecule has 1 saturated carbocycles. The maximum Gasteiger partial charge on any atom is 0.250 e. The van der Waals surface area contributed by atoms with E-state index in [1.807, 2.05) is 0 Å². The van der Waals surface area contributed by atoms with Gasteiger partial charge in [0.05, 0.1) is 24.2 Å². The molecule has 0 amide bonds. The van der Waals surface area contributed by atoms with Crippen LogP contribution in [0, 0.1) is 0 Å². The van der Waals surface area contributed by atoms with Crippen molar-refractivity contribution in [1.82, 2.24) is 9.97 Å². The Hall–Kier alpha value is -1.16. The SMILES string of the molecule is CC12CC(c3cc(=O)[nH]cn3)(CO1)C2. The lowest BCUT2D eigenvalue weighted by Crippen LogP contribution is -2.45. The van der Waals surface area contributed by atoms with Crippen molar-refractivity contribution in [3.63, 3.8) is 0 Å². The van der Waals surface area contributed by atoms with E-state index < -0.39 is 0 Å². The summed E-state index contributed by atoms with van der Waals surface area (Å²) in [5, 5.41) is 0. The summed E-state index contributed by atoms with van der Waals surface area (Å²) in [6, 6.07) is 1.59. The van der Waals surface area contributed by atoms with Gasteiger partial charge in [-0.15, -0.1) is 0 Å². The van der Waals surface area contributed by atoms with Gasteiger partial charge in [-0.05, 0) is 19.8 Å². The molecule has 0 unspecified atom stereocenters. The first kappa shape index (κ1) is 8.17. The first-order valence-electron chi connectivity index (χ1n) is 4.81. The van der Waals surface area contributed by atoms with Gasteiger partial charge in [-0.1, -0.05) is 0 Å². The van der Waals surface area contributed by atoms with Gasteiger partial charge in [0.25, 0.3) is 5.56 Å². The first-order valence-corrected chi connectivity index (χ1v) is 4.81. The number of rotatable bonds is 1. The standard InChI is InChI=1S/C10H12N2O2/c1-9-3-10(4-9,5-14-9)7-2-8(13)12-6-11-7/h2,6H,3-5H2,1H3,(H,11,12,13). The molecule has 14 heavy (non-hydrogen) atoms. The van der Waals surface area contributed by atoms with Crippen LogP contribution in [0.25, 0.3) is 0 Å². The summed E-state index contributed by atoms with van der Waals surface area (Å²) in [7, 11) is 0. The second-order valence-electron chi connectivity index (χ2n) is 4.67. The normalized spacial score (nSPS) is 39.5. The highest BCUT2D eigenvalue weighted by molar-refractivity contribution is 5.27. The molecule has 3 fully saturated rings. The Balaban J connectivity index is 2.02. The summed E-state index contributed by atoms with van der Waals surface area (Å²) in [6.45, 7) is 2.82. The van der Waals surface area contributed by atoms with Crippen LogP contribution in [-0.2, 0) is 10.2 Å². The number of fused-ring (bicyclic) bond motifs is 1. The lowest BCUT2D eigenvalue weighted by atomic mass is 9.61. The summed E-state index contributed by atoms with van der Waals surface area (Å²) in [5.41, 5.74) is 0.883. The second-order valence-corrected chi connectivity index (χ2v) is 4.67. The topological polar surface area (TPSA) is 55.0 Å². The van der Waals surface area contributed by atoms with E-state index in [9.17, 15) is 4.79 Å². The molecule has 74 valence electrons. The van der Waals surface area contributed by atoms with Crippen LogP contribution in [0.1, 0.15) is 25.5 Å². The lowest BCUT2D eigenvalue weighted by molar-refractivity contribution is 0.0153. The fourth-order valence-corrected chi connectivity index (χ4v) is 2.81. The first-order chi connectivity index (χ1) is 6.62. The van der Waals surface area contributed by atoms with Gasteiger partial charge in [0.15, 0.2) is 0 Å². The highest BCUT2D eigenvalue weighted by Crippen LogP contribution is 2.57. The highest BCUT2D eigenvalue weighted by atomic mass is 16.5. The van der Waals surface area contributed by atoms with Gasteiger partial charge in [-0.3, -0.25) is 4.79 Å². The van der Waals surface area contributed by atoms with Crippen LogP contribution in [-0.4, -0.2) is 22.2 Å². The monoisotopic (exact) mass is 192 g/mol. The number of aromatic amines is 1. The van der Waals surface area contributed by atoms with Gasteiger partial charge in [0.2, 0.25) is 0 Å². The van der Waals surface area contributed by atoms with Crippen LogP contribution in [0.3, 0.4) is 0 Å². The van der Waals surface area contributed by atoms with Gasteiger partial charge in [0.1, 0.15) is 0 Å².